The number of benzene rings is 2. The standard InChI is InChI=1S/C22H22ClN3O4/c23-17-9-5-4-8-16(17)13-26-21(28)18(24-22(26)29)12-20(27)25-10-11-30-19(14-25)15-6-2-1-3-7-15/h1-9,18-19H,10-14H2,(H,24,29)/t18-,19?/m0/s1. The third-order valence-corrected chi connectivity index (χ3v) is 5.73. The van der Waals surface area contributed by atoms with Crippen LogP contribution in [0.2, 0.25) is 5.02 Å². The number of nitrogens with zero attached hydrogens (tertiary/aromatic N) is 2. The van der Waals surface area contributed by atoms with E-state index in [0.717, 1.165) is 10.5 Å². The lowest BCUT2D eigenvalue weighted by Crippen LogP contribution is -2.45. The van der Waals surface area contributed by atoms with Crippen LogP contribution in [0.5, 0.6) is 0 Å². The number of nitrogens with one attached hydrogen (secondary N) is 1. The Kier molecular flexibility index (Phi) is 6.01. The molecule has 2 saturated heterocycles. The lowest BCUT2D eigenvalue weighted by molar-refractivity contribution is -0.141. The Balaban J connectivity index is 1.38. The second kappa shape index (κ2) is 8.85. The Hall–Kier alpha value is -2.90. The molecule has 0 aromatic heterocycles. The molecule has 2 aliphatic heterocycles. The molecule has 4 rings (SSSR count). The molecule has 2 heterocycles. The van der Waals surface area contributed by atoms with Crippen molar-refractivity contribution in [2.45, 2.75) is 25.1 Å². The van der Waals surface area contributed by atoms with Crippen molar-refractivity contribution in [1.29, 1.82) is 0 Å². The average molecular weight is 428 g/mol. The van der Waals surface area contributed by atoms with Crippen LogP contribution in [0.25, 0.3) is 0 Å². The van der Waals surface area contributed by atoms with Crippen LogP contribution in [0.3, 0.4) is 0 Å². The number of amides is 4. The number of halogens is 1. The number of hydrogen-bond donors (Lipinski definition) is 1. The summed E-state index contributed by atoms with van der Waals surface area (Å²) in [4.78, 5) is 40.7. The van der Waals surface area contributed by atoms with Crippen LogP contribution in [0, 0.1) is 0 Å². The molecule has 0 radical (unpaired) electrons. The zero-order valence-corrected chi connectivity index (χ0v) is 17.0. The van der Waals surface area contributed by atoms with Gasteiger partial charge in [0.25, 0.3) is 5.91 Å². The van der Waals surface area contributed by atoms with Gasteiger partial charge in [-0.05, 0) is 17.2 Å². The van der Waals surface area contributed by atoms with Crippen LogP contribution in [0.1, 0.15) is 23.7 Å². The number of morpholine rings is 1. The number of hydrogen-bond acceptors (Lipinski definition) is 4. The maximum atomic E-state index is 12.8. The Bertz CT molecular complexity index is 952. The van der Waals surface area contributed by atoms with Crippen LogP contribution in [-0.4, -0.2) is 53.4 Å². The minimum absolute atomic E-state index is 0.0721. The average Bonchev–Trinajstić information content (AvgIpc) is 3.03. The molecule has 8 heteroatoms. The minimum atomic E-state index is -0.870. The van der Waals surface area contributed by atoms with Gasteiger partial charge in [-0.1, -0.05) is 60.1 Å². The van der Waals surface area contributed by atoms with E-state index in [2.05, 4.69) is 5.32 Å². The summed E-state index contributed by atoms with van der Waals surface area (Å²) in [6.07, 6.45) is -0.278. The van der Waals surface area contributed by atoms with Gasteiger partial charge in [0.2, 0.25) is 5.91 Å². The molecule has 1 unspecified atom stereocenters. The Morgan fingerprint density at radius 1 is 1.10 bits per heavy atom. The first-order valence-electron chi connectivity index (χ1n) is 9.82. The van der Waals surface area contributed by atoms with Crippen LogP contribution < -0.4 is 5.32 Å². The number of urea groups is 1. The van der Waals surface area contributed by atoms with E-state index in [-0.39, 0.29) is 25.0 Å². The summed E-state index contributed by atoms with van der Waals surface area (Å²) in [5, 5.41) is 3.11. The highest BCUT2D eigenvalue weighted by molar-refractivity contribution is 6.31. The third-order valence-electron chi connectivity index (χ3n) is 5.36. The molecule has 0 aliphatic carbocycles. The molecule has 0 saturated carbocycles. The highest BCUT2D eigenvalue weighted by atomic mass is 35.5. The molecule has 30 heavy (non-hydrogen) atoms. The summed E-state index contributed by atoms with van der Waals surface area (Å²) >= 11 is 6.14. The fourth-order valence-corrected chi connectivity index (χ4v) is 3.91. The first kappa shape index (κ1) is 20.4. The summed E-state index contributed by atoms with van der Waals surface area (Å²) < 4.78 is 5.80. The van der Waals surface area contributed by atoms with E-state index in [0.29, 0.717) is 30.3 Å². The van der Waals surface area contributed by atoms with Crippen molar-refractivity contribution in [1.82, 2.24) is 15.1 Å². The van der Waals surface area contributed by atoms with Crippen LogP contribution in [0.15, 0.2) is 54.6 Å². The first-order valence-corrected chi connectivity index (χ1v) is 10.2. The van der Waals surface area contributed by atoms with Gasteiger partial charge in [-0.15, -0.1) is 0 Å². The minimum Gasteiger partial charge on any atom is -0.370 e. The predicted octanol–water partition coefficient (Wildman–Crippen LogP) is 2.75. The zero-order valence-electron chi connectivity index (χ0n) is 16.3. The largest absolute Gasteiger partial charge is 0.370 e. The van der Waals surface area contributed by atoms with E-state index in [1.807, 2.05) is 30.3 Å². The van der Waals surface area contributed by atoms with Gasteiger partial charge in [0.1, 0.15) is 12.1 Å². The van der Waals surface area contributed by atoms with Gasteiger partial charge >= 0.3 is 6.03 Å². The normalized spacial score (nSPS) is 21.6. The second-order valence-corrected chi connectivity index (χ2v) is 7.74. The van der Waals surface area contributed by atoms with Gasteiger partial charge in [-0.25, -0.2) is 4.79 Å². The second-order valence-electron chi connectivity index (χ2n) is 7.33. The fraction of sp³-hybridized carbons (Fsp3) is 0.318. The number of carbonyl (C=O) groups excluding carboxylic acids is 3. The lowest BCUT2D eigenvalue weighted by atomic mass is 10.1. The monoisotopic (exact) mass is 427 g/mol. The highest BCUT2D eigenvalue weighted by Crippen LogP contribution is 2.24. The maximum absolute atomic E-state index is 12.8. The van der Waals surface area contributed by atoms with E-state index in [1.165, 1.54) is 0 Å². The van der Waals surface area contributed by atoms with Crippen molar-refractivity contribution >= 4 is 29.4 Å². The van der Waals surface area contributed by atoms with Crippen molar-refractivity contribution < 1.29 is 19.1 Å². The van der Waals surface area contributed by atoms with E-state index >= 15 is 0 Å². The van der Waals surface area contributed by atoms with Crippen molar-refractivity contribution in [2.24, 2.45) is 0 Å². The summed E-state index contributed by atoms with van der Waals surface area (Å²) in [6, 6.07) is 15.4. The summed E-state index contributed by atoms with van der Waals surface area (Å²) in [5.41, 5.74) is 1.68. The van der Waals surface area contributed by atoms with Crippen molar-refractivity contribution in [3.8, 4) is 0 Å². The van der Waals surface area contributed by atoms with Gasteiger partial charge in [0.05, 0.1) is 26.1 Å². The van der Waals surface area contributed by atoms with Gasteiger partial charge in [-0.3, -0.25) is 14.5 Å². The molecule has 0 bridgehead atoms. The molecule has 2 fully saturated rings. The lowest BCUT2D eigenvalue weighted by Gasteiger charge is -2.33. The zero-order chi connectivity index (χ0) is 21.1. The topological polar surface area (TPSA) is 79.0 Å². The van der Waals surface area contributed by atoms with Gasteiger partial charge in [-0.2, -0.15) is 0 Å². The quantitative estimate of drug-likeness (QED) is 0.744. The summed E-state index contributed by atoms with van der Waals surface area (Å²) in [5.74, 6) is -0.599. The van der Waals surface area contributed by atoms with E-state index < -0.39 is 18.0 Å². The number of ether oxygens (including phenoxy) is 1. The molecular weight excluding hydrogens is 406 g/mol. The predicted molar refractivity (Wildman–Crippen MR) is 111 cm³/mol. The van der Waals surface area contributed by atoms with E-state index in [9.17, 15) is 14.4 Å². The third kappa shape index (κ3) is 4.32. The molecule has 2 aromatic rings. The van der Waals surface area contributed by atoms with Crippen molar-refractivity contribution in [2.75, 3.05) is 19.7 Å². The van der Waals surface area contributed by atoms with E-state index in [4.69, 9.17) is 16.3 Å². The molecule has 0 spiro atoms. The molecule has 2 aliphatic rings. The molecule has 2 atom stereocenters. The van der Waals surface area contributed by atoms with Gasteiger partial charge < -0.3 is 15.0 Å². The fourth-order valence-electron chi connectivity index (χ4n) is 3.71. The van der Waals surface area contributed by atoms with Crippen molar-refractivity contribution in [3.63, 3.8) is 0 Å². The SMILES string of the molecule is O=C(C[C@@H]1NC(=O)N(Cc2ccccc2Cl)C1=O)N1CCOC(c2ccccc2)C1. The molecule has 1 N–H and O–H groups in total. The number of rotatable bonds is 5. The molecule has 2 aromatic carbocycles. The van der Waals surface area contributed by atoms with Crippen LogP contribution >= 0.6 is 11.6 Å². The van der Waals surface area contributed by atoms with Crippen LogP contribution in [0.4, 0.5) is 4.79 Å². The summed E-state index contributed by atoms with van der Waals surface area (Å²) in [6.45, 7) is 1.37. The Morgan fingerprint density at radius 2 is 1.83 bits per heavy atom. The molecule has 156 valence electrons. The molecule has 4 amide bonds. The van der Waals surface area contributed by atoms with Gasteiger partial charge in [0.15, 0.2) is 0 Å². The number of imide groups is 1. The molecular formula is C22H22ClN3O4. The summed E-state index contributed by atoms with van der Waals surface area (Å²) in [7, 11) is 0. The molecule has 7 nitrogen and oxygen atoms in total. The first-order chi connectivity index (χ1) is 14.5. The van der Waals surface area contributed by atoms with Crippen LogP contribution in [-0.2, 0) is 20.9 Å². The highest BCUT2D eigenvalue weighted by Gasteiger charge is 2.40. The smallest absolute Gasteiger partial charge is 0.325 e. The van der Waals surface area contributed by atoms with Gasteiger partial charge in [0, 0.05) is 11.6 Å². The Labute approximate surface area is 179 Å². The Morgan fingerprint density at radius 3 is 2.60 bits per heavy atom. The maximum Gasteiger partial charge on any atom is 0.325 e. The van der Waals surface area contributed by atoms with E-state index in [1.54, 1.807) is 29.2 Å². The number of carbonyl (C=O) groups is 3. The van der Waals surface area contributed by atoms with Crippen molar-refractivity contribution in [3.05, 3.63) is 70.7 Å².